The molecule has 3 rings (SSSR count). The van der Waals surface area contributed by atoms with Crippen molar-refractivity contribution in [1.29, 1.82) is 0 Å². The highest BCUT2D eigenvalue weighted by Crippen LogP contribution is 2.34. The first-order valence-corrected chi connectivity index (χ1v) is 7.53. The van der Waals surface area contributed by atoms with Gasteiger partial charge in [-0.25, -0.2) is 0 Å². The van der Waals surface area contributed by atoms with E-state index in [1.807, 2.05) is 0 Å². The lowest BCUT2D eigenvalue weighted by atomic mass is 10.1. The van der Waals surface area contributed by atoms with E-state index in [0.29, 0.717) is 15.8 Å². The minimum absolute atomic E-state index is 0.0748. The number of aromatic nitrogens is 2. The lowest BCUT2D eigenvalue weighted by Crippen LogP contribution is -2.04. The monoisotopic (exact) mass is 398 g/mol. The van der Waals surface area contributed by atoms with Gasteiger partial charge in [0.05, 0.1) is 18.2 Å². The second-order valence-electron chi connectivity index (χ2n) is 4.85. The van der Waals surface area contributed by atoms with Crippen LogP contribution >= 0.6 is 15.9 Å². The molecule has 0 saturated heterocycles. The first kappa shape index (κ1) is 16.5. The molecule has 0 fully saturated rings. The molecule has 0 amide bonds. The molecule has 0 aliphatic heterocycles. The summed E-state index contributed by atoms with van der Waals surface area (Å²) in [5.41, 5.74) is 0.0350. The average Bonchev–Trinajstić information content (AvgIpc) is 3.04. The molecule has 0 N–H and O–H groups in total. The maximum atomic E-state index is 12.8. The first-order chi connectivity index (χ1) is 11.4. The van der Waals surface area contributed by atoms with Crippen LogP contribution in [0.15, 0.2) is 51.5 Å². The Morgan fingerprint density at radius 3 is 2.62 bits per heavy atom. The molecule has 8 heteroatoms. The molecule has 0 aliphatic rings. The van der Waals surface area contributed by atoms with Gasteiger partial charge in [0, 0.05) is 10.0 Å². The van der Waals surface area contributed by atoms with Gasteiger partial charge in [0.2, 0.25) is 5.82 Å². The van der Waals surface area contributed by atoms with Crippen molar-refractivity contribution >= 4 is 15.9 Å². The van der Waals surface area contributed by atoms with Gasteiger partial charge in [0.25, 0.3) is 5.89 Å². The van der Waals surface area contributed by atoms with Crippen LogP contribution in [0.2, 0.25) is 0 Å². The van der Waals surface area contributed by atoms with Crippen molar-refractivity contribution in [2.75, 3.05) is 7.11 Å². The number of nitrogens with zero attached hydrogens (tertiary/aromatic N) is 2. The van der Waals surface area contributed by atoms with Gasteiger partial charge in [0.1, 0.15) is 5.75 Å². The summed E-state index contributed by atoms with van der Waals surface area (Å²) in [6, 6.07) is 9.95. The second-order valence-corrected chi connectivity index (χ2v) is 5.70. The molecule has 3 aromatic rings. The number of hydrogen-bond donors (Lipinski definition) is 0. The Hall–Kier alpha value is -2.35. The van der Waals surface area contributed by atoms with E-state index in [-0.39, 0.29) is 17.3 Å². The Labute approximate surface area is 143 Å². The highest BCUT2D eigenvalue weighted by Gasteiger charge is 2.30. The van der Waals surface area contributed by atoms with Gasteiger partial charge < -0.3 is 9.26 Å². The van der Waals surface area contributed by atoms with Crippen molar-refractivity contribution in [3.63, 3.8) is 0 Å². The minimum atomic E-state index is -4.43. The van der Waals surface area contributed by atoms with Crippen molar-refractivity contribution in [3.05, 3.63) is 52.5 Å². The molecule has 2 aromatic carbocycles. The van der Waals surface area contributed by atoms with Crippen LogP contribution in [0.5, 0.6) is 5.75 Å². The third kappa shape index (κ3) is 3.28. The van der Waals surface area contributed by atoms with Crippen LogP contribution in [0, 0.1) is 0 Å². The van der Waals surface area contributed by atoms with Crippen LogP contribution in [0.3, 0.4) is 0 Å². The highest BCUT2D eigenvalue weighted by molar-refractivity contribution is 9.10. The van der Waals surface area contributed by atoms with Gasteiger partial charge in [-0.05, 0) is 46.3 Å². The SMILES string of the molecule is COc1ccc(Br)c(-c2nc(-c3cccc(C(F)(F)F)c3)no2)c1. The standard InChI is InChI=1S/C16H10BrF3N2O2/c1-23-11-5-6-13(17)12(8-11)15-21-14(22-24-15)9-3-2-4-10(7-9)16(18,19)20/h2-8H,1H3. The predicted octanol–water partition coefficient (Wildman–Crippen LogP) is 5.19. The van der Waals surface area contributed by atoms with E-state index >= 15 is 0 Å². The Morgan fingerprint density at radius 2 is 1.92 bits per heavy atom. The van der Waals surface area contributed by atoms with Crippen molar-refractivity contribution < 1.29 is 22.4 Å². The van der Waals surface area contributed by atoms with Crippen molar-refractivity contribution in [2.24, 2.45) is 0 Å². The van der Waals surface area contributed by atoms with Crippen LogP contribution < -0.4 is 4.74 Å². The lowest BCUT2D eigenvalue weighted by molar-refractivity contribution is -0.137. The summed E-state index contributed by atoms with van der Waals surface area (Å²) in [5, 5.41) is 3.77. The van der Waals surface area contributed by atoms with Gasteiger partial charge >= 0.3 is 6.18 Å². The van der Waals surface area contributed by atoms with Gasteiger partial charge in [0.15, 0.2) is 0 Å². The van der Waals surface area contributed by atoms with Gasteiger partial charge in [-0.3, -0.25) is 0 Å². The zero-order chi connectivity index (χ0) is 17.3. The largest absolute Gasteiger partial charge is 0.497 e. The third-order valence-electron chi connectivity index (χ3n) is 3.28. The Kier molecular flexibility index (Phi) is 4.31. The predicted molar refractivity (Wildman–Crippen MR) is 84.4 cm³/mol. The summed E-state index contributed by atoms with van der Waals surface area (Å²) < 4.78 is 49.4. The summed E-state index contributed by atoms with van der Waals surface area (Å²) in [4.78, 5) is 4.18. The van der Waals surface area contributed by atoms with Crippen LogP contribution in [-0.2, 0) is 6.18 Å². The van der Waals surface area contributed by atoms with Crippen LogP contribution in [0.1, 0.15) is 5.56 Å². The van der Waals surface area contributed by atoms with Crippen LogP contribution in [0.4, 0.5) is 13.2 Å². The molecule has 0 unspecified atom stereocenters. The van der Waals surface area contributed by atoms with Gasteiger partial charge in [-0.2, -0.15) is 18.2 Å². The van der Waals surface area contributed by atoms with E-state index in [9.17, 15) is 13.2 Å². The highest BCUT2D eigenvalue weighted by atomic mass is 79.9. The van der Waals surface area contributed by atoms with E-state index in [1.54, 1.807) is 18.2 Å². The average molecular weight is 399 g/mol. The normalized spacial score (nSPS) is 11.5. The molecule has 0 spiro atoms. The molecule has 0 radical (unpaired) electrons. The Morgan fingerprint density at radius 1 is 1.12 bits per heavy atom. The van der Waals surface area contributed by atoms with Crippen molar-refractivity contribution in [3.8, 4) is 28.6 Å². The molecule has 0 bridgehead atoms. The maximum absolute atomic E-state index is 12.8. The molecule has 24 heavy (non-hydrogen) atoms. The lowest BCUT2D eigenvalue weighted by Gasteiger charge is -2.06. The summed E-state index contributed by atoms with van der Waals surface area (Å²) in [5.74, 6) is 0.839. The van der Waals surface area contributed by atoms with E-state index < -0.39 is 11.7 Å². The Balaban J connectivity index is 2.00. The molecule has 0 atom stereocenters. The summed E-state index contributed by atoms with van der Waals surface area (Å²) in [7, 11) is 1.52. The number of halogens is 4. The molecule has 4 nitrogen and oxygen atoms in total. The first-order valence-electron chi connectivity index (χ1n) is 6.74. The van der Waals surface area contributed by atoms with Crippen LogP contribution in [-0.4, -0.2) is 17.3 Å². The summed E-state index contributed by atoms with van der Waals surface area (Å²) >= 11 is 3.37. The fraction of sp³-hybridized carbons (Fsp3) is 0.125. The number of rotatable bonds is 3. The van der Waals surface area contributed by atoms with E-state index in [1.165, 1.54) is 19.2 Å². The fourth-order valence-electron chi connectivity index (χ4n) is 2.08. The van der Waals surface area contributed by atoms with E-state index in [0.717, 1.165) is 12.1 Å². The smallest absolute Gasteiger partial charge is 0.416 e. The number of ether oxygens (including phenoxy) is 1. The zero-order valence-electron chi connectivity index (χ0n) is 12.3. The van der Waals surface area contributed by atoms with Crippen molar-refractivity contribution in [2.45, 2.75) is 6.18 Å². The maximum Gasteiger partial charge on any atom is 0.416 e. The quantitative estimate of drug-likeness (QED) is 0.608. The number of alkyl halides is 3. The molecule has 124 valence electrons. The molecule has 1 aromatic heterocycles. The molecule has 0 saturated carbocycles. The minimum Gasteiger partial charge on any atom is -0.497 e. The molecule has 0 aliphatic carbocycles. The third-order valence-corrected chi connectivity index (χ3v) is 3.97. The summed E-state index contributed by atoms with van der Waals surface area (Å²) in [6.07, 6.45) is -4.43. The Bertz CT molecular complexity index is 878. The molecular weight excluding hydrogens is 389 g/mol. The summed E-state index contributed by atoms with van der Waals surface area (Å²) in [6.45, 7) is 0. The van der Waals surface area contributed by atoms with E-state index in [2.05, 4.69) is 26.1 Å². The zero-order valence-corrected chi connectivity index (χ0v) is 13.9. The topological polar surface area (TPSA) is 48.2 Å². The number of benzene rings is 2. The van der Waals surface area contributed by atoms with Gasteiger partial charge in [-0.1, -0.05) is 17.3 Å². The second kappa shape index (κ2) is 6.27. The number of hydrogen-bond acceptors (Lipinski definition) is 4. The van der Waals surface area contributed by atoms with Crippen LogP contribution in [0.25, 0.3) is 22.8 Å². The molecule has 1 heterocycles. The molecular formula is C16H10BrF3N2O2. The number of methoxy groups -OCH3 is 1. The van der Waals surface area contributed by atoms with Crippen molar-refractivity contribution in [1.82, 2.24) is 10.1 Å². The van der Waals surface area contributed by atoms with E-state index in [4.69, 9.17) is 9.26 Å². The fourth-order valence-corrected chi connectivity index (χ4v) is 2.50. The van der Waals surface area contributed by atoms with Gasteiger partial charge in [-0.15, -0.1) is 0 Å².